The van der Waals surface area contributed by atoms with Crippen molar-refractivity contribution in [2.75, 3.05) is 43.2 Å². The summed E-state index contributed by atoms with van der Waals surface area (Å²) in [5.74, 6) is 0.443. The molecule has 2 aliphatic rings. The highest BCUT2D eigenvalue weighted by Gasteiger charge is 2.42. The smallest absolute Gasteiger partial charge is 0.301 e. The van der Waals surface area contributed by atoms with Gasteiger partial charge in [0, 0.05) is 50.7 Å². The van der Waals surface area contributed by atoms with Crippen LogP contribution in [0, 0.1) is 11.3 Å². The number of nitriles is 1. The van der Waals surface area contributed by atoms with Crippen LogP contribution in [0.2, 0.25) is 0 Å². The van der Waals surface area contributed by atoms with E-state index in [1.165, 1.54) is 11.8 Å². The van der Waals surface area contributed by atoms with E-state index >= 15 is 0 Å². The third-order valence-electron chi connectivity index (χ3n) is 6.47. The normalized spacial score (nSPS) is 21.8. The van der Waals surface area contributed by atoms with E-state index in [9.17, 15) is 4.79 Å². The van der Waals surface area contributed by atoms with E-state index in [4.69, 9.17) is 14.8 Å². The van der Waals surface area contributed by atoms with Crippen LogP contribution in [0.3, 0.4) is 0 Å². The van der Waals surface area contributed by atoms with E-state index in [-0.39, 0.29) is 30.9 Å². The summed E-state index contributed by atoms with van der Waals surface area (Å²) < 4.78 is 5.60. The Morgan fingerprint density at radius 2 is 2.15 bits per heavy atom. The van der Waals surface area contributed by atoms with Crippen LogP contribution < -0.4 is 15.5 Å². The largest absolute Gasteiger partial charge is 0.417 e. The molecule has 0 saturated carbocycles. The highest BCUT2D eigenvalue weighted by Crippen LogP contribution is 2.38. The Balaban J connectivity index is 1.55. The molecule has 2 aliphatic heterocycles. The number of rotatable bonds is 10. The van der Waals surface area contributed by atoms with Crippen molar-refractivity contribution in [2.45, 2.75) is 55.3 Å². The molecule has 2 saturated heterocycles. The quantitative estimate of drug-likeness (QED) is 0.424. The van der Waals surface area contributed by atoms with Crippen molar-refractivity contribution in [1.29, 1.82) is 5.26 Å². The Labute approximate surface area is 202 Å². The van der Waals surface area contributed by atoms with Gasteiger partial charge in [-0.1, -0.05) is 11.8 Å². The SMILES string of the molecule is CSc1cnc(Nc2cc(C(=O)NCCO)nc(N(C)C3CC4CCC(C3)N4CCC#N)n2)o1. The summed E-state index contributed by atoms with van der Waals surface area (Å²) in [5.41, 5.74) is 0.193. The lowest BCUT2D eigenvalue weighted by atomic mass is 9.96. The number of carbonyl (C=O) groups is 1. The lowest BCUT2D eigenvalue weighted by Gasteiger charge is -2.42. The van der Waals surface area contributed by atoms with Gasteiger partial charge in [-0.25, -0.2) is 9.97 Å². The fourth-order valence-electron chi connectivity index (χ4n) is 4.82. The van der Waals surface area contributed by atoms with Gasteiger partial charge in [0.15, 0.2) is 5.09 Å². The molecule has 0 aliphatic carbocycles. The second-order valence-corrected chi connectivity index (χ2v) is 9.31. The van der Waals surface area contributed by atoms with E-state index in [2.05, 4.69) is 36.6 Å². The topological polar surface area (TPSA) is 143 Å². The maximum absolute atomic E-state index is 12.6. The van der Waals surface area contributed by atoms with E-state index in [1.807, 2.05) is 18.2 Å². The number of carbonyl (C=O) groups excluding carboxylic acids is 1. The highest BCUT2D eigenvalue weighted by atomic mass is 32.2. The molecule has 11 nitrogen and oxygen atoms in total. The molecule has 2 aromatic heterocycles. The van der Waals surface area contributed by atoms with E-state index in [0.29, 0.717) is 35.4 Å². The molecule has 2 atom stereocenters. The summed E-state index contributed by atoms with van der Waals surface area (Å²) in [4.78, 5) is 30.5. The average Bonchev–Trinajstić information content (AvgIpc) is 3.40. The Hall–Kier alpha value is -2.88. The number of nitrogens with one attached hydrogen (secondary N) is 2. The van der Waals surface area contributed by atoms with E-state index < -0.39 is 5.91 Å². The molecule has 1 amide bonds. The molecular weight excluding hydrogens is 456 g/mol. The second kappa shape index (κ2) is 11.0. The number of thioether (sulfide) groups is 1. The van der Waals surface area contributed by atoms with Gasteiger partial charge in [-0.15, -0.1) is 0 Å². The standard InChI is InChI=1S/C22H30N8O3S/c1-29(16-10-14-4-5-15(11-16)30(14)8-3-6-23)21-26-17(20(32)24-7-9-31)12-18(27-21)28-22-25-13-19(33-22)34-2/h12-16,31H,3-5,7-11H2,1-2H3,(H,24,32)(H,25,26,27,28). The van der Waals surface area contributed by atoms with Crippen molar-refractivity contribution >= 4 is 35.4 Å². The molecule has 3 N–H and O–H groups in total. The minimum Gasteiger partial charge on any atom is -0.417 e. The molecule has 4 heterocycles. The van der Waals surface area contributed by atoms with Gasteiger partial charge in [-0.05, 0) is 31.9 Å². The maximum atomic E-state index is 12.6. The van der Waals surface area contributed by atoms with Crippen molar-refractivity contribution in [2.24, 2.45) is 0 Å². The summed E-state index contributed by atoms with van der Waals surface area (Å²) in [5, 5.41) is 24.4. The summed E-state index contributed by atoms with van der Waals surface area (Å²) in [6.45, 7) is 0.801. The molecule has 2 aromatic rings. The van der Waals surface area contributed by atoms with E-state index in [1.54, 1.807) is 12.3 Å². The molecule has 12 heteroatoms. The molecular formula is C22H30N8O3S. The predicted octanol–water partition coefficient (Wildman–Crippen LogP) is 2.00. The van der Waals surface area contributed by atoms with Gasteiger partial charge in [-0.3, -0.25) is 15.0 Å². The zero-order valence-electron chi connectivity index (χ0n) is 19.4. The molecule has 2 unspecified atom stereocenters. The molecule has 2 fully saturated rings. The molecule has 34 heavy (non-hydrogen) atoms. The summed E-state index contributed by atoms with van der Waals surface area (Å²) >= 11 is 1.44. The third-order valence-corrected chi connectivity index (χ3v) is 7.06. The monoisotopic (exact) mass is 486 g/mol. The Kier molecular flexibility index (Phi) is 7.87. The zero-order valence-corrected chi connectivity index (χ0v) is 20.2. The number of aliphatic hydroxyl groups excluding tert-OH is 1. The van der Waals surface area contributed by atoms with Gasteiger partial charge in [0.25, 0.3) is 5.91 Å². The predicted molar refractivity (Wildman–Crippen MR) is 128 cm³/mol. The highest BCUT2D eigenvalue weighted by molar-refractivity contribution is 7.98. The van der Waals surface area contributed by atoms with Gasteiger partial charge in [0.05, 0.1) is 18.9 Å². The number of hydrogen-bond donors (Lipinski definition) is 3. The van der Waals surface area contributed by atoms with Crippen molar-refractivity contribution < 1.29 is 14.3 Å². The number of amides is 1. The number of anilines is 3. The maximum Gasteiger partial charge on any atom is 0.301 e. The minimum atomic E-state index is -0.391. The van der Waals surface area contributed by atoms with Crippen LogP contribution in [0.5, 0.6) is 0 Å². The van der Waals surface area contributed by atoms with Crippen molar-refractivity contribution in [1.82, 2.24) is 25.2 Å². The first kappa shape index (κ1) is 24.3. The number of hydrogen-bond acceptors (Lipinski definition) is 11. The van der Waals surface area contributed by atoms with Crippen LogP contribution in [-0.2, 0) is 0 Å². The van der Waals surface area contributed by atoms with Gasteiger partial charge in [0.2, 0.25) is 5.95 Å². The van der Waals surface area contributed by atoms with Crippen LogP contribution in [0.4, 0.5) is 17.8 Å². The number of piperidine rings is 1. The van der Waals surface area contributed by atoms with Crippen LogP contribution >= 0.6 is 11.8 Å². The first-order chi connectivity index (χ1) is 16.5. The fourth-order valence-corrected chi connectivity index (χ4v) is 5.14. The summed E-state index contributed by atoms with van der Waals surface area (Å²) in [6, 6.07) is 5.21. The summed E-state index contributed by atoms with van der Waals surface area (Å²) in [7, 11) is 1.96. The lowest BCUT2D eigenvalue weighted by Crippen LogP contribution is -2.50. The number of oxazole rings is 1. The first-order valence-electron chi connectivity index (χ1n) is 11.4. The van der Waals surface area contributed by atoms with Crippen molar-refractivity contribution in [3.63, 3.8) is 0 Å². The van der Waals surface area contributed by atoms with Crippen molar-refractivity contribution in [3.05, 3.63) is 18.0 Å². The minimum absolute atomic E-state index is 0.137. The Morgan fingerprint density at radius 1 is 1.38 bits per heavy atom. The first-order valence-corrected chi connectivity index (χ1v) is 12.6. The zero-order chi connectivity index (χ0) is 24.1. The molecule has 0 radical (unpaired) electrons. The fraction of sp³-hybridized carbons (Fsp3) is 0.591. The van der Waals surface area contributed by atoms with Crippen LogP contribution in [-0.4, -0.2) is 82.0 Å². The van der Waals surface area contributed by atoms with Crippen LogP contribution in [0.15, 0.2) is 21.8 Å². The number of aromatic nitrogens is 3. The molecule has 2 bridgehead atoms. The molecule has 182 valence electrons. The Morgan fingerprint density at radius 3 is 2.79 bits per heavy atom. The number of aliphatic hydroxyl groups is 1. The van der Waals surface area contributed by atoms with Crippen LogP contribution in [0.25, 0.3) is 0 Å². The van der Waals surface area contributed by atoms with Crippen molar-refractivity contribution in [3.8, 4) is 6.07 Å². The van der Waals surface area contributed by atoms with Gasteiger partial charge >= 0.3 is 6.01 Å². The molecule has 0 spiro atoms. The number of fused-ring (bicyclic) bond motifs is 2. The van der Waals surface area contributed by atoms with Gasteiger partial charge in [-0.2, -0.15) is 10.2 Å². The second-order valence-electron chi connectivity index (χ2n) is 8.50. The third kappa shape index (κ3) is 5.43. The average molecular weight is 487 g/mol. The van der Waals surface area contributed by atoms with E-state index in [0.717, 1.165) is 32.2 Å². The van der Waals surface area contributed by atoms with Gasteiger partial charge < -0.3 is 19.7 Å². The Bertz CT molecular complexity index is 1030. The molecule has 0 aromatic carbocycles. The lowest BCUT2D eigenvalue weighted by molar-refractivity contribution is 0.0939. The molecule has 4 rings (SSSR count). The summed E-state index contributed by atoms with van der Waals surface area (Å²) in [6.07, 6.45) is 8.26. The van der Waals surface area contributed by atoms with Gasteiger partial charge in [0.1, 0.15) is 11.5 Å². The van der Waals surface area contributed by atoms with Crippen LogP contribution in [0.1, 0.15) is 42.6 Å². The number of nitrogens with zero attached hydrogens (tertiary/aromatic N) is 6.